The molecule has 2 aromatic carbocycles. The molecule has 0 aliphatic carbocycles. The van der Waals surface area contributed by atoms with E-state index >= 15 is 0 Å². The van der Waals surface area contributed by atoms with Crippen LogP contribution in [0.4, 0.5) is 5.82 Å². The van der Waals surface area contributed by atoms with E-state index in [2.05, 4.69) is 36.4 Å². The Kier molecular flexibility index (Phi) is 4.83. The molecular weight excluding hydrogens is 372 g/mol. The number of aromatic nitrogens is 3. The van der Waals surface area contributed by atoms with Gasteiger partial charge in [0, 0.05) is 6.07 Å². The summed E-state index contributed by atoms with van der Waals surface area (Å²) in [7, 11) is 0. The van der Waals surface area contributed by atoms with Gasteiger partial charge in [-0.15, -0.1) is 0 Å². The van der Waals surface area contributed by atoms with Crippen LogP contribution in [0.5, 0.6) is 5.75 Å². The highest BCUT2D eigenvalue weighted by molar-refractivity contribution is 7.20. The molecule has 142 valence electrons. The number of para-hydroxylation sites is 1. The molecule has 0 bridgehead atoms. The molecule has 0 radical (unpaired) electrons. The van der Waals surface area contributed by atoms with E-state index in [1.807, 2.05) is 43.3 Å². The quantitative estimate of drug-likeness (QED) is 0.546. The minimum absolute atomic E-state index is 0.0770. The summed E-state index contributed by atoms with van der Waals surface area (Å²) in [4.78, 5) is 17.1. The second-order valence-corrected chi connectivity index (χ2v) is 7.67. The molecule has 4 rings (SSSR count). The van der Waals surface area contributed by atoms with Crippen molar-refractivity contribution in [1.29, 1.82) is 0 Å². The van der Waals surface area contributed by atoms with Gasteiger partial charge in [-0.05, 0) is 50.1 Å². The summed E-state index contributed by atoms with van der Waals surface area (Å²) in [6, 6.07) is 15.3. The average Bonchev–Trinajstić information content (AvgIpc) is 3.24. The monoisotopic (exact) mass is 392 g/mol. The number of anilines is 1. The number of carbonyl (C=O) groups excluding carboxylic acids is 1. The van der Waals surface area contributed by atoms with Crippen molar-refractivity contribution in [3.63, 3.8) is 0 Å². The van der Waals surface area contributed by atoms with Crippen LogP contribution in [-0.4, -0.2) is 27.3 Å². The Bertz CT molecular complexity index is 1150. The Hall–Kier alpha value is -3.19. The number of thiazole rings is 1. The number of fused-ring (bicyclic) bond motifs is 1. The highest BCUT2D eigenvalue weighted by Gasteiger charge is 2.16. The van der Waals surface area contributed by atoms with Crippen molar-refractivity contribution in [2.75, 3.05) is 11.9 Å². The van der Waals surface area contributed by atoms with Crippen LogP contribution in [0.1, 0.15) is 16.8 Å². The average molecular weight is 392 g/mol. The SMILES string of the molecule is Cc1cc(C)c2nc(-n3nc(C)cc3NC(=O)COc3ccccc3)sc2c1. The topological polar surface area (TPSA) is 69.0 Å². The van der Waals surface area contributed by atoms with E-state index in [0.717, 1.165) is 26.6 Å². The molecule has 0 saturated carbocycles. The molecule has 1 N–H and O–H groups in total. The Morgan fingerprint density at radius 3 is 2.71 bits per heavy atom. The number of aryl methyl sites for hydroxylation is 3. The zero-order valence-corrected chi connectivity index (χ0v) is 16.7. The predicted octanol–water partition coefficient (Wildman–Crippen LogP) is 4.42. The molecule has 2 aromatic heterocycles. The fourth-order valence-corrected chi connectivity index (χ4v) is 4.14. The van der Waals surface area contributed by atoms with Crippen molar-refractivity contribution < 1.29 is 9.53 Å². The molecule has 6 nitrogen and oxygen atoms in total. The number of hydrogen-bond donors (Lipinski definition) is 1. The van der Waals surface area contributed by atoms with Crippen molar-refractivity contribution in [2.45, 2.75) is 20.8 Å². The minimum atomic E-state index is -0.252. The maximum absolute atomic E-state index is 12.4. The smallest absolute Gasteiger partial charge is 0.263 e. The molecule has 0 saturated heterocycles. The van der Waals surface area contributed by atoms with Gasteiger partial charge in [-0.2, -0.15) is 9.78 Å². The normalized spacial score (nSPS) is 11.0. The Balaban J connectivity index is 1.57. The van der Waals surface area contributed by atoms with Gasteiger partial charge in [-0.25, -0.2) is 4.98 Å². The lowest BCUT2D eigenvalue weighted by molar-refractivity contribution is -0.118. The van der Waals surface area contributed by atoms with Crippen molar-refractivity contribution in [3.8, 4) is 10.9 Å². The van der Waals surface area contributed by atoms with Crippen LogP contribution in [0.3, 0.4) is 0 Å². The van der Waals surface area contributed by atoms with Gasteiger partial charge in [0.15, 0.2) is 6.61 Å². The highest BCUT2D eigenvalue weighted by Crippen LogP contribution is 2.30. The molecule has 0 spiro atoms. The van der Waals surface area contributed by atoms with Gasteiger partial charge in [0.05, 0.1) is 15.9 Å². The standard InChI is InChI=1S/C21H20N4O2S/c1-13-9-14(2)20-17(10-13)28-21(23-20)25-18(11-15(3)24-25)22-19(26)12-27-16-7-5-4-6-8-16/h4-11H,12H2,1-3H3,(H,22,26). The third kappa shape index (κ3) is 3.75. The van der Waals surface area contributed by atoms with Crippen LogP contribution in [-0.2, 0) is 4.79 Å². The second kappa shape index (κ2) is 7.44. The summed E-state index contributed by atoms with van der Waals surface area (Å²) in [5.41, 5.74) is 4.08. The van der Waals surface area contributed by atoms with E-state index in [9.17, 15) is 4.79 Å². The third-order valence-corrected chi connectivity index (χ3v) is 5.19. The fraction of sp³-hybridized carbons (Fsp3) is 0.190. The molecule has 0 aliphatic rings. The molecule has 0 aliphatic heterocycles. The molecule has 2 heterocycles. The van der Waals surface area contributed by atoms with E-state index in [-0.39, 0.29) is 12.5 Å². The number of rotatable bonds is 5. The van der Waals surface area contributed by atoms with Crippen molar-refractivity contribution in [2.24, 2.45) is 0 Å². The van der Waals surface area contributed by atoms with Crippen LogP contribution in [0.25, 0.3) is 15.3 Å². The minimum Gasteiger partial charge on any atom is -0.484 e. The summed E-state index contributed by atoms with van der Waals surface area (Å²) in [5.74, 6) is 0.977. The second-order valence-electron chi connectivity index (χ2n) is 6.66. The third-order valence-electron chi connectivity index (χ3n) is 4.21. The summed E-state index contributed by atoms with van der Waals surface area (Å²) < 4.78 is 8.29. The molecule has 28 heavy (non-hydrogen) atoms. The molecule has 0 fully saturated rings. The maximum atomic E-state index is 12.4. The lowest BCUT2D eigenvalue weighted by Gasteiger charge is -2.08. The van der Waals surface area contributed by atoms with Crippen molar-refractivity contribution >= 4 is 33.3 Å². The first kappa shape index (κ1) is 18.2. The van der Waals surface area contributed by atoms with E-state index in [1.165, 1.54) is 5.56 Å². The van der Waals surface area contributed by atoms with Crippen molar-refractivity contribution in [3.05, 3.63) is 65.4 Å². The highest BCUT2D eigenvalue weighted by atomic mass is 32.1. The Labute approximate surface area is 166 Å². The Morgan fingerprint density at radius 1 is 1.14 bits per heavy atom. The zero-order chi connectivity index (χ0) is 19.7. The predicted molar refractivity (Wildman–Crippen MR) is 112 cm³/mol. The first-order valence-electron chi connectivity index (χ1n) is 8.92. The number of benzene rings is 2. The van der Waals surface area contributed by atoms with Gasteiger partial charge in [-0.1, -0.05) is 35.6 Å². The first-order chi connectivity index (χ1) is 13.5. The van der Waals surface area contributed by atoms with Gasteiger partial charge in [0.1, 0.15) is 11.6 Å². The Morgan fingerprint density at radius 2 is 1.93 bits per heavy atom. The van der Waals surface area contributed by atoms with Gasteiger partial charge < -0.3 is 10.1 Å². The van der Waals surface area contributed by atoms with Crippen LogP contribution >= 0.6 is 11.3 Å². The maximum Gasteiger partial charge on any atom is 0.263 e. The fourth-order valence-electron chi connectivity index (χ4n) is 3.03. The van der Waals surface area contributed by atoms with Crippen LogP contribution in [0, 0.1) is 20.8 Å². The number of ether oxygens (including phenoxy) is 1. The van der Waals surface area contributed by atoms with Gasteiger partial charge in [0.2, 0.25) is 5.13 Å². The summed E-state index contributed by atoms with van der Waals surface area (Å²) in [6.45, 7) is 5.93. The van der Waals surface area contributed by atoms with Gasteiger partial charge >= 0.3 is 0 Å². The number of nitrogens with zero attached hydrogens (tertiary/aromatic N) is 3. The number of amides is 1. The van der Waals surface area contributed by atoms with Crippen LogP contribution in [0.2, 0.25) is 0 Å². The van der Waals surface area contributed by atoms with Gasteiger partial charge in [0.25, 0.3) is 5.91 Å². The number of nitrogens with one attached hydrogen (secondary N) is 1. The molecule has 0 unspecified atom stereocenters. The van der Waals surface area contributed by atoms with Crippen molar-refractivity contribution in [1.82, 2.24) is 14.8 Å². The molecule has 4 aromatic rings. The zero-order valence-electron chi connectivity index (χ0n) is 15.9. The van der Waals surface area contributed by atoms with E-state index in [1.54, 1.807) is 16.0 Å². The molecular formula is C21H20N4O2S. The lowest BCUT2D eigenvalue weighted by Crippen LogP contribution is -2.21. The van der Waals surface area contributed by atoms with Crippen LogP contribution in [0.15, 0.2) is 48.5 Å². The van der Waals surface area contributed by atoms with E-state index in [0.29, 0.717) is 11.6 Å². The molecule has 7 heteroatoms. The summed E-state index contributed by atoms with van der Waals surface area (Å²) >= 11 is 1.55. The molecule has 1 amide bonds. The number of hydrogen-bond acceptors (Lipinski definition) is 5. The van der Waals surface area contributed by atoms with Gasteiger partial charge in [-0.3, -0.25) is 4.79 Å². The first-order valence-corrected chi connectivity index (χ1v) is 9.74. The largest absolute Gasteiger partial charge is 0.484 e. The van der Waals surface area contributed by atoms with E-state index < -0.39 is 0 Å². The number of carbonyl (C=O) groups is 1. The van der Waals surface area contributed by atoms with Crippen LogP contribution < -0.4 is 10.1 Å². The summed E-state index contributed by atoms with van der Waals surface area (Å²) in [5, 5.41) is 8.10. The lowest BCUT2D eigenvalue weighted by atomic mass is 10.1. The summed E-state index contributed by atoms with van der Waals surface area (Å²) in [6.07, 6.45) is 0. The molecule has 0 atom stereocenters. The van der Waals surface area contributed by atoms with E-state index in [4.69, 9.17) is 9.72 Å².